The van der Waals surface area contributed by atoms with Crippen LogP contribution in [0.2, 0.25) is 0 Å². The molecule has 0 atom stereocenters. The molecule has 2 heterocycles. The van der Waals surface area contributed by atoms with E-state index in [0.717, 1.165) is 18.0 Å². The molecule has 1 amide bonds. The predicted molar refractivity (Wildman–Crippen MR) is 98.0 cm³/mol. The van der Waals surface area contributed by atoms with Gasteiger partial charge >= 0.3 is 0 Å². The highest BCUT2D eigenvalue weighted by atomic mass is 16.3. The van der Waals surface area contributed by atoms with E-state index in [1.807, 2.05) is 30.0 Å². The number of aryl methyl sites for hydroxylation is 1. The molecule has 0 aliphatic carbocycles. The molecule has 3 aromatic rings. The average molecular weight is 336 g/mol. The third-order valence-corrected chi connectivity index (χ3v) is 4.33. The number of hydrogen-bond donors (Lipinski definition) is 0. The van der Waals surface area contributed by atoms with Gasteiger partial charge in [0.05, 0.1) is 19.4 Å². The monoisotopic (exact) mass is 336 g/mol. The summed E-state index contributed by atoms with van der Waals surface area (Å²) in [7, 11) is 0. The quantitative estimate of drug-likeness (QED) is 0.642. The van der Waals surface area contributed by atoms with Crippen LogP contribution in [0.4, 0.5) is 0 Å². The first-order valence-electron chi connectivity index (χ1n) is 8.65. The van der Waals surface area contributed by atoms with Crippen molar-refractivity contribution in [2.24, 2.45) is 0 Å². The maximum atomic E-state index is 12.3. The van der Waals surface area contributed by atoms with Gasteiger partial charge in [-0.25, -0.2) is 0 Å². The summed E-state index contributed by atoms with van der Waals surface area (Å²) in [5.74, 6) is 0.929. The minimum atomic E-state index is 0.125. The largest absolute Gasteiger partial charge is 0.467 e. The standard InChI is InChI=1S/C21H24N2O2/c1-3-21(24)23(16-20-7-5-13-25-20)15-19-6-4-12-22(19)14-18-10-8-17(2)9-11-18/h4-13H,3,14-16H2,1-2H3. The number of amides is 1. The van der Waals surface area contributed by atoms with Crippen molar-refractivity contribution in [3.05, 3.63) is 83.6 Å². The zero-order valence-electron chi connectivity index (χ0n) is 14.8. The molecule has 0 saturated heterocycles. The Morgan fingerprint density at radius 1 is 1.08 bits per heavy atom. The summed E-state index contributed by atoms with van der Waals surface area (Å²) in [5, 5.41) is 0. The van der Waals surface area contributed by atoms with Crippen LogP contribution in [-0.2, 0) is 24.4 Å². The molecule has 130 valence electrons. The Bertz CT molecular complexity index is 801. The van der Waals surface area contributed by atoms with Crippen LogP contribution in [0.15, 0.2) is 65.4 Å². The average Bonchev–Trinajstić information content (AvgIpc) is 3.28. The van der Waals surface area contributed by atoms with Gasteiger partial charge in [-0.05, 0) is 36.8 Å². The predicted octanol–water partition coefficient (Wildman–Crippen LogP) is 4.38. The number of rotatable bonds is 7. The Morgan fingerprint density at radius 3 is 2.56 bits per heavy atom. The van der Waals surface area contributed by atoms with Gasteiger partial charge < -0.3 is 13.9 Å². The van der Waals surface area contributed by atoms with Crippen molar-refractivity contribution in [2.45, 2.75) is 39.9 Å². The molecule has 0 aliphatic heterocycles. The SMILES string of the molecule is CCC(=O)N(Cc1ccco1)Cc1cccn1Cc1ccc(C)cc1. The number of furan rings is 1. The lowest BCUT2D eigenvalue weighted by atomic mass is 10.1. The third-order valence-electron chi connectivity index (χ3n) is 4.33. The fraction of sp³-hybridized carbons (Fsp3) is 0.286. The molecular formula is C21H24N2O2. The molecule has 4 nitrogen and oxygen atoms in total. The number of nitrogens with zero attached hydrogens (tertiary/aromatic N) is 2. The highest BCUT2D eigenvalue weighted by Gasteiger charge is 2.16. The van der Waals surface area contributed by atoms with Crippen LogP contribution in [0.25, 0.3) is 0 Å². The van der Waals surface area contributed by atoms with Crippen molar-refractivity contribution in [3.8, 4) is 0 Å². The van der Waals surface area contributed by atoms with Gasteiger partial charge in [-0.3, -0.25) is 4.79 Å². The van der Waals surface area contributed by atoms with E-state index in [1.165, 1.54) is 11.1 Å². The Balaban J connectivity index is 1.75. The zero-order valence-corrected chi connectivity index (χ0v) is 14.8. The molecular weight excluding hydrogens is 312 g/mol. The molecule has 0 aliphatic rings. The fourth-order valence-corrected chi connectivity index (χ4v) is 2.88. The summed E-state index contributed by atoms with van der Waals surface area (Å²) in [4.78, 5) is 14.2. The number of carbonyl (C=O) groups excluding carboxylic acids is 1. The van der Waals surface area contributed by atoms with E-state index in [4.69, 9.17) is 4.42 Å². The summed E-state index contributed by atoms with van der Waals surface area (Å²) in [5.41, 5.74) is 3.63. The molecule has 2 aromatic heterocycles. The number of benzene rings is 1. The smallest absolute Gasteiger partial charge is 0.223 e. The Morgan fingerprint density at radius 2 is 1.88 bits per heavy atom. The maximum absolute atomic E-state index is 12.3. The van der Waals surface area contributed by atoms with Crippen molar-refractivity contribution in [1.82, 2.24) is 9.47 Å². The van der Waals surface area contributed by atoms with Crippen molar-refractivity contribution < 1.29 is 9.21 Å². The first-order chi connectivity index (χ1) is 12.2. The molecule has 4 heteroatoms. The van der Waals surface area contributed by atoms with Crippen molar-refractivity contribution in [2.75, 3.05) is 0 Å². The van der Waals surface area contributed by atoms with Crippen LogP contribution in [0, 0.1) is 6.92 Å². The fourth-order valence-electron chi connectivity index (χ4n) is 2.88. The van der Waals surface area contributed by atoms with Gasteiger partial charge in [0, 0.05) is 24.9 Å². The summed E-state index contributed by atoms with van der Waals surface area (Å²) in [6.45, 7) is 5.86. The third kappa shape index (κ3) is 4.41. The summed E-state index contributed by atoms with van der Waals surface area (Å²) < 4.78 is 7.61. The number of aromatic nitrogens is 1. The second-order valence-corrected chi connectivity index (χ2v) is 6.30. The summed E-state index contributed by atoms with van der Waals surface area (Å²) in [6, 6.07) is 16.4. The summed E-state index contributed by atoms with van der Waals surface area (Å²) in [6.07, 6.45) is 4.19. The number of carbonyl (C=O) groups is 1. The highest BCUT2D eigenvalue weighted by molar-refractivity contribution is 5.75. The first kappa shape index (κ1) is 17.1. The lowest BCUT2D eigenvalue weighted by molar-refractivity contribution is -0.132. The molecule has 0 N–H and O–H groups in total. The minimum Gasteiger partial charge on any atom is -0.467 e. The normalized spacial score (nSPS) is 10.8. The lowest BCUT2D eigenvalue weighted by Crippen LogP contribution is -2.30. The van der Waals surface area contributed by atoms with Crippen molar-refractivity contribution in [3.63, 3.8) is 0 Å². The second kappa shape index (κ2) is 7.88. The lowest BCUT2D eigenvalue weighted by Gasteiger charge is -2.22. The Kier molecular flexibility index (Phi) is 5.39. The minimum absolute atomic E-state index is 0.125. The molecule has 0 spiro atoms. The van der Waals surface area contributed by atoms with Crippen LogP contribution in [0.1, 0.15) is 35.9 Å². The van der Waals surface area contributed by atoms with E-state index in [9.17, 15) is 4.79 Å². The molecule has 0 radical (unpaired) electrons. The van der Waals surface area contributed by atoms with E-state index in [1.54, 1.807) is 6.26 Å². The van der Waals surface area contributed by atoms with Gasteiger partial charge in [-0.15, -0.1) is 0 Å². The maximum Gasteiger partial charge on any atom is 0.223 e. The topological polar surface area (TPSA) is 38.4 Å². The molecule has 3 rings (SSSR count). The van der Waals surface area contributed by atoms with Crippen LogP contribution >= 0.6 is 0 Å². The number of hydrogen-bond acceptors (Lipinski definition) is 2. The van der Waals surface area contributed by atoms with Gasteiger partial charge in [0.15, 0.2) is 0 Å². The van der Waals surface area contributed by atoms with Crippen LogP contribution in [0.5, 0.6) is 0 Å². The van der Waals surface area contributed by atoms with E-state index >= 15 is 0 Å². The Labute approximate surface area is 148 Å². The first-order valence-corrected chi connectivity index (χ1v) is 8.65. The highest BCUT2D eigenvalue weighted by Crippen LogP contribution is 2.15. The Hall–Kier alpha value is -2.75. The molecule has 0 unspecified atom stereocenters. The van der Waals surface area contributed by atoms with E-state index in [0.29, 0.717) is 19.5 Å². The van der Waals surface area contributed by atoms with Gasteiger partial charge in [0.1, 0.15) is 5.76 Å². The van der Waals surface area contributed by atoms with Crippen molar-refractivity contribution >= 4 is 5.91 Å². The van der Waals surface area contributed by atoms with E-state index in [2.05, 4.69) is 48.0 Å². The summed E-state index contributed by atoms with van der Waals surface area (Å²) >= 11 is 0. The van der Waals surface area contributed by atoms with Crippen LogP contribution in [0.3, 0.4) is 0 Å². The molecule has 0 saturated carbocycles. The van der Waals surface area contributed by atoms with Gasteiger partial charge in [-0.2, -0.15) is 0 Å². The van der Waals surface area contributed by atoms with E-state index < -0.39 is 0 Å². The zero-order chi connectivity index (χ0) is 17.6. The molecule has 0 bridgehead atoms. The van der Waals surface area contributed by atoms with Crippen LogP contribution < -0.4 is 0 Å². The van der Waals surface area contributed by atoms with Crippen molar-refractivity contribution in [1.29, 1.82) is 0 Å². The van der Waals surface area contributed by atoms with Gasteiger partial charge in [-0.1, -0.05) is 36.8 Å². The molecule has 0 fully saturated rings. The van der Waals surface area contributed by atoms with Crippen LogP contribution in [-0.4, -0.2) is 15.4 Å². The van der Waals surface area contributed by atoms with Gasteiger partial charge in [0.2, 0.25) is 5.91 Å². The molecule has 25 heavy (non-hydrogen) atoms. The van der Waals surface area contributed by atoms with Gasteiger partial charge in [0.25, 0.3) is 0 Å². The van der Waals surface area contributed by atoms with E-state index in [-0.39, 0.29) is 5.91 Å². The molecule has 1 aromatic carbocycles. The second-order valence-electron chi connectivity index (χ2n) is 6.30.